The normalized spacial score (nSPS) is 15.2. The molecule has 7 heteroatoms. The summed E-state index contributed by atoms with van der Waals surface area (Å²) in [6, 6.07) is 15.6. The average molecular weight is 462 g/mol. The van der Waals surface area contributed by atoms with Crippen LogP contribution in [0, 0.1) is 0 Å². The van der Waals surface area contributed by atoms with Gasteiger partial charge in [-0.2, -0.15) is 0 Å². The zero-order valence-electron chi connectivity index (χ0n) is 17.9. The summed E-state index contributed by atoms with van der Waals surface area (Å²) in [7, 11) is 0. The standard InChI is InChI=1S/C16H11Cl2NO2.C8H18N2/c17-12-6-5-11(13(18)8-12)9-19-14-4-2-1-3-10(14)7-15(19)16(20)21;1-7(2)10-5-3-8(9)4-6-10/h1-8H,9H2,(H,20,21);7-8H,3-6,9H2,1-2H3. The molecule has 0 amide bonds. The number of nitrogens with two attached hydrogens (primary N) is 1. The molecular weight excluding hydrogens is 433 g/mol. The summed E-state index contributed by atoms with van der Waals surface area (Å²) >= 11 is 12.1. The van der Waals surface area contributed by atoms with E-state index in [1.807, 2.05) is 30.3 Å². The number of para-hydroxylation sites is 1. The van der Waals surface area contributed by atoms with Gasteiger partial charge in [0.25, 0.3) is 0 Å². The van der Waals surface area contributed by atoms with Crippen molar-refractivity contribution in [2.45, 2.75) is 45.3 Å². The monoisotopic (exact) mass is 461 g/mol. The van der Waals surface area contributed by atoms with Crippen LogP contribution in [0.5, 0.6) is 0 Å². The Hall–Kier alpha value is -2.05. The van der Waals surface area contributed by atoms with Gasteiger partial charge in [-0.1, -0.05) is 47.5 Å². The number of hydrogen-bond acceptors (Lipinski definition) is 3. The molecule has 31 heavy (non-hydrogen) atoms. The van der Waals surface area contributed by atoms with Crippen molar-refractivity contribution in [2.75, 3.05) is 13.1 Å². The van der Waals surface area contributed by atoms with E-state index in [2.05, 4.69) is 18.7 Å². The average Bonchev–Trinajstić information content (AvgIpc) is 3.10. The summed E-state index contributed by atoms with van der Waals surface area (Å²) in [5.41, 5.74) is 7.69. The first-order valence-corrected chi connectivity index (χ1v) is 11.3. The van der Waals surface area contributed by atoms with Crippen LogP contribution in [-0.2, 0) is 6.54 Å². The van der Waals surface area contributed by atoms with Gasteiger partial charge >= 0.3 is 5.97 Å². The molecule has 1 aliphatic rings. The van der Waals surface area contributed by atoms with Gasteiger partial charge in [-0.3, -0.25) is 0 Å². The molecule has 3 aromatic rings. The topological polar surface area (TPSA) is 71.5 Å². The van der Waals surface area contributed by atoms with Gasteiger partial charge < -0.3 is 20.3 Å². The maximum atomic E-state index is 11.4. The van der Waals surface area contributed by atoms with Gasteiger partial charge in [0.2, 0.25) is 0 Å². The van der Waals surface area contributed by atoms with Gasteiger partial charge in [-0.25, -0.2) is 4.79 Å². The first-order valence-electron chi connectivity index (χ1n) is 10.5. The van der Waals surface area contributed by atoms with Crippen molar-refractivity contribution in [2.24, 2.45) is 5.73 Å². The quantitative estimate of drug-likeness (QED) is 0.536. The lowest BCUT2D eigenvalue weighted by Crippen LogP contribution is -2.42. The first-order chi connectivity index (χ1) is 14.8. The predicted octanol–water partition coefficient (Wildman–Crippen LogP) is 5.51. The minimum atomic E-state index is -0.962. The van der Waals surface area contributed by atoms with E-state index in [4.69, 9.17) is 28.9 Å². The maximum absolute atomic E-state index is 11.4. The van der Waals surface area contributed by atoms with Gasteiger partial charge in [0.1, 0.15) is 5.69 Å². The molecule has 4 rings (SSSR count). The van der Waals surface area contributed by atoms with Gasteiger partial charge in [-0.15, -0.1) is 0 Å². The number of rotatable bonds is 4. The van der Waals surface area contributed by atoms with E-state index in [0.29, 0.717) is 28.7 Å². The Morgan fingerprint density at radius 2 is 1.81 bits per heavy atom. The highest BCUT2D eigenvalue weighted by atomic mass is 35.5. The van der Waals surface area contributed by atoms with E-state index in [1.165, 1.54) is 25.9 Å². The summed E-state index contributed by atoms with van der Waals surface area (Å²) in [6.45, 7) is 7.26. The number of aromatic nitrogens is 1. The molecule has 0 radical (unpaired) electrons. The molecule has 3 N–H and O–H groups in total. The number of aromatic carboxylic acids is 1. The Bertz CT molecular complexity index is 1040. The van der Waals surface area contributed by atoms with Crippen LogP contribution < -0.4 is 5.73 Å². The van der Waals surface area contributed by atoms with E-state index >= 15 is 0 Å². The zero-order valence-corrected chi connectivity index (χ0v) is 19.4. The molecule has 0 atom stereocenters. The molecule has 0 bridgehead atoms. The second kappa shape index (κ2) is 10.5. The highest BCUT2D eigenvalue weighted by Gasteiger charge is 2.17. The van der Waals surface area contributed by atoms with Crippen molar-refractivity contribution in [3.05, 3.63) is 69.8 Å². The lowest BCUT2D eigenvalue weighted by Gasteiger charge is -2.32. The molecule has 1 saturated heterocycles. The molecule has 2 heterocycles. The number of piperidine rings is 1. The van der Waals surface area contributed by atoms with Crippen molar-refractivity contribution in [3.8, 4) is 0 Å². The molecule has 1 fully saturated rings. The Morgan fingerprint density at radius 3 is 2.42 bits per heavy atom. The Morgan fingerprint density at radius 1 is 1.13 bits per heavy atom. The van der Waals surface area contributed by atoms with Crippen molar-refractivity contribution in [1.29, 1.82) is 0 Å². The van der Waals surface area contributed by atoms with Crippen LogP contribution in [0.4, 0.5) is 0 Å². The van der Waals surface area contributed by atoms with Gasteiger partial charge in [0.15, 0.2) is 0 Å². The van der Waals surface area contributed by atoms with E-state index in [0.717, 1.165) is 16.5 Å². The summed E-state index contributed by atoms with van der Waals surface area (Å²) in [6.07, 6.45) is 2.36. The van der Waals surface area contributed by atoms with Gasteiger partial charge in [0, 0.05) is 39.6 Å². The summed E-state index contributed by atoms with van der Waals surface area (Å²) in [5.74, 6) is -0.962. The fourth-order valence-corrected chi connectivity index (χ4v) is 4.28. The van der Waals surface area contributed by atoms with E-state index in [9.17, 15) is 9.90 Å². The highest BCUT2D eigenvalue weighted by Crippen LogP contribution is 2.26. The summed E-state index contributed by atoms with van der Waals surface area (Å²) in [5, 5.41) is 11.4. The Labute approximate surface area is 193 Å². The molecule has 166 valence electrons. The third-order valence-electron chi connectivity index (χ3n) is 5.68. The van der Waals surface area contributed by atoms with Crippen molar-refractivity contribution >= 4 is 40.1 Å². The Kier molecular flexibility index (Phi) is 8.00. The fraction of sp³-hybridized carbons (Fsp3) is 0.375. The molecular formula is C24H29Cl2N3O2. The molecule has 0 unspecified atom stereocenters. The number of benzene rings is 2. The number of likely N-dealkylation sites (tertiary alicyclic amines) is 1. The first kappa shape index (κ1) is 23.6. The SMILES string of the molecule is CC(C)N1CCC(N)CC1.O=C(O)c1cc2ccccc2n1Cc1ccc(Cl)cc1Cl. The van der Waals surface area contributed by atoms with Crippen LogP contribution >= 0.6 is 23.2 Å². The molecule has 5 nitrogen and oxygen atoms in total. The zero-order chi connectivity index (χ0) is 22.5. The van der Waals surface area contributed by atoms with Crippen molar-refractivity contribution < 1.29 is 9.90 Å². The number of carbonyl (C=O) groups is 1. The molecule has 1 aromatic heterocycles. The maximum Gasteiger partial charge on any atom is 0.352 e. The van der Waals surface area contributed by atoms with Crippen molar-refractivity contribution in [1.82, 2.24) is 9.47 Å². The molecule has 0 aliphatic carbocycles. The number of halogens is 2. The smallest absolute Gasteiger partial charge is 0.352 e. The molecule has 0 spiro atoms. The second-order valence-electron chi connectivity index (χ2n) is 8.18. The second-order valence-corrected chi connectivity index (χ2v) is 9.03. The molecule has 1 aliphatic heterocycles. The van der Waals surface area contributed by atoms with E-state index in [1.54, 1.807) is 22.8 Å². The van der Waals surface area contributed by atoms with Gasteiger partial charge in [-0.05, 0) is 69.6 Å². The van der Waals surface area contributed by atoms with Crippen LogP contribution in [-0.4, -0.2) is 45.7 Å². The minimum absolute atomic E-state index is 0.238. The Balaban J connectivity index is 0.000000229. The third kappa shape index (κ3) is 6.01. The number of carboxylic acids is 1. The van der Waals surface area contributed by atoms with E-state index in [-0.39, 0.29) is 5.69 Å². The third-order valence-corrected chi connectivity index (χ3v) is 6.26. The summed E-state index contributed by atoms with van der Waals surface area (Å²) in [4.78, 5) is 13.9. The summed E-state index contributed by atoms with van der Waals surface area (Å²) < 4.78 is 1.74. The number of fused-ring (bicyclic) bond motifs is 1. The van der Waals surface area contributed by atoms with Crippen LogP contribution in [0.1, 0.15) is 42.7 Å². The molecule has 2 aromatic carbocycles. The number of hydrogen-bond donors (Lipinski definition) is 2. The lowest BCUT2D eigenvalue weighted by molar-refractivity contribution is 0.0686. The van der Waals surface area contributed by atoms with Crippen LogP contribution in [0.3, 0.4) is 0 Å². The van der Waals surface area contributed by atoms with Crippen LogP contribution in [0.25, 0.3) is 10.9 Å². The predicted molar refractivity (Wildman–Crippen MR) is 128 cm³/mol. The largest absolute Gasteiger partial charge is 0.477 e. The highest BCUT2D eigenvalue weighted by molar-refractivity contribution is 6.35. The minimum Gasteiger partial charge on any atom is -0.477 e. The van der Waals surface area contributed by atoms with Crippen LogP contribution in [0.2, 0.25) is 10.0 Å². The number of carboxylic acid groups (broad SMARTS) is 1. The van der Waals surface area contributed by atoms with Crippen molar-refractivity contribution in [3.63, 3.8) is 0 Å². The lowest BCUT2D eigenvalue weighted by atomic mass is 10.1. The number of nitrogens with zero attached hydrogens (tertiary/aromatic N) is 2. The molecule has 0 saturated carbocycles. The van der Waals surface area contributed by atoms with E-state index < -0.39 is 5.97 Å². The van der Waals surface area contributed by atoms with Crippen LogP contribution in [0.15, 0.2) is 48.5 Å². The van der Waals surface area contributed by atoms with Gasteiger partial charge in [0.05, 0.1) is 0 Å². The fourth-order valence-electron chi connectivity index (χ4n) is 3.81.